The molecule has 146 valence electrons. The van der Waals surface area contributed by atoms with E-state index in [4.69, 9.17) is 4.42 Å². The van der Waals surface area contributed by atoms with E-state index in [0.717, 1.165) is 24.0 Å². The molecule has 1 aliphatic rings. The van der Waals surface area contributed by atoms with Gasteiger partial charge in [-0.25, -0.2) is 14.2 Å². The van der Waals surface area contributed by atoms with Gasteiger partial charge in [-0.05, 0) is 69.0 Å². The molecule has 0 bridgehead atoms. The fraction of sp³-hybridized carbons (Fsp3) is 0.364. The van der Waals surface area contributed by atoms with E-state index in [0.29, 0.717) is 23.5 Å². The molecule has 1 saturated heterocycles. The fourth-order valence-corrected chi connectivity index (χ4v) is 3.59. The molecule has 6 heteroatoms. The zero-order valence-electron chi connectivity index (χ0n) is 16.3. The van der Waals surface area contributed by atoms with Crippen LogP contribution in [0.15, 0.2) is 46.9 Å². The number of likely N-dealkylation sites (tertiary alicyclic amines) is 1. The van der Waals surface area contributed by atoms with Gasteiger partial charge in [-0.15, -0.1) is 0 Å². The van der Waals surface area contributed by atoms with Crippen LogP contribution in [0.1, 0.15) is 45.5 Å². The second-order valence-corrected chi connectivity index (χ2v) is 8.28. The van der Waals surface area contributed by atoms with Gasteiger partial charge in [-0.3, -0.25) is 0 Å². The van der Waals surface area contributed by atoms with Crippen molar-refractivity contribution >= 4 is 17.1 Å². The Kier molecular flexibility index (Phi) is 4.57. The number of urea groups is 1. The molecule has 0 radical (unpaired) electrons. The number of halogens is 1. The first kappa shape index (κ1) is 18.5. The Bertz CT molecular complexity index is 1020. The Labute approximate surface area is 163 Å². The summed E-state index contributed by atoms with van der Waals surface area (Å²) in [6.07, 6.45) is 1.73. The molecular weight excluding hydrogens is 357 g/mol. The monoisotopic (exact) mass is 381 g/mol. The van der Waals surface area contributed by atoms with Crippen molar-refractivity contribution < 1.29 is 13.6 Å². The summed E-state index contributed by atoms with van der Waals surface area (Å²) in [7, 11) is 0. The zero-order chi connectivity index (χ0) is 19.9. The van der Waals surface area contributed by atoms with Gasteiger partial charge in [-0.2, -0.15) is 0 Å². The van der Waals surface area contributed by atoms with Crippen LogP contribution < -0.4 is 5.32 Å². The molecule has 1 unspecified atom stereocenters. The highest BCUT2D eigenvalue weighted by Gasteiger charge is 2.34. The highest BCUT2D eigenvalue weighted by Crippen LogP contribution is 2.34. The molecule has 0 spiro atoms. The van der Waals surface area contributed by atoms with E-state index in [1.807, 2.05) is 45.0 Å². The van der Waals surface area contributed by atoms with Gasteiger partial charge in [0.1, 0.15) is 17.4 Å². The number of rotatable bonds is 2. The summed E-state index contributed by atoms with van der Waals surface area (Å²) in [5.41, 5.74) is 2.74. The molecule has 28 heavy (non-hydrogen) atoms. The molecule has 1 aromatic heterocycles. The number of benzene rings is 2. The summed E-state index contributed by atoms with van der Waals surface area (Å²) in [5.74, 6) is 0.276. The smallest absolute Gasteiger partial charge is 0.318 e. The van der Waals surface area contributed by atoms with Crippen molar-refractivity contribution in [1.29, 1.82) is 0 Å². The van der Waals surface area contributed by atoms with Gasteiger partial charge < -0.3 is 14.6 Å². The lowest BCUT2D eigenvalue weighted by molar-refractivity contribution is 0.176. The molecule has 0 aliphatic carbocycles. The summed E-state index contributed by atoms with van der Waals surface area (Å²) in [6.45, 7) is 6.57. The van der Waals surface area contributed by atoms with E-state index in [1.165, 1.54) is 12.1 Å². The van der Waals surface area contributed by atoms with Gasteiger partial charge in [0.2, 0.25) is 5.89 Å². The SMILES string of the molecule is CC(C)(C)NC(=O)N1CCCC1c1nc2cc(-c3cccc(F)c3)ccc2o1. The summed E-state index contributed by atoms with van der Waals surface area (Å²) in [4.78, 5) is 19.1. The molecule has 1 atom stereocenters. The second-order valence-electron chi connectivity index (χ2n) is 8.28. The van der Waals surface area contributed by atoms with Crippen molar-refractivity contribution in [3.8, 4) is 11.1 Å². The van der Waals surface area contributed by atoms with Crippen LogP contribution in [-0.2, 0) is 0 Å². The summed E-state index contributed by atoms with van der Waals surface area (Å²) >= 11 is 0. The van der Waals surface area contributed by atoms with Crippen LogP contribution in [0.4, 0.5) is 9.18 Å². The summed E-state index contributed by atoms with van der Waals surface area (Å²) in [5, 5.41) is 3.01. The maximum Gasteiger partial charge on any atom is 0.318 e. The van der Waals surface area contributed by atoms with Crippen LogP contribution >= 0.6 is 0 Å². The Morgan fingerprint density at radius 1 is 1.21 bits per heavy atom. The minimum absolute atomic E-state index is 0.0993. The molecule has 2 heterocycles. The molecule has 5 nitrogen and oxygen atoms in total. The van der Waals surface area contributed by atoms with Gasteiger partial charge in [-0.1, -0.05) is 18.2 Å². The van der Waals surface area contributed by atoms with E-state index >= 15 is 0 Å². The van der Waals surface area contributed by atoms with Crippen molar-refractivity contribution in [2.45, 2.75) is 45.2 Å². The first-order chi connectivity index (χ1) is 13.3. The molecule has 1 aliphatic heterocycles. The fourth-order valence-electron chi connectivity index (χ4n) is 3.59. The van der Waals surface area contributed by atoms with Crippen LogP contribution in [0.3, 0.4) is 0 Å². The summed E-state index contributed by atoms with van der Waals surface area (Å²) < 4.78 is 19.5. The third-order valence-electron chi connectivity index (χ3n) is 4.84. The van der Waals surface area contributed by atoms with Crippen LogP contribution in [0.2, 0.25) is 0 Å². The highest BCUT2D eigenvalue weighted by atomic mass is 19.1. The van der Waals surface area contributed by atoms with Gasteiger partial charge in [0, 0.05) is 12.1 Å². The molecular formula is C22H24FN3O2. The Morgan fingerprint density at radius 2 is 2.00 bits per heavy atom. The topological polar surface area (TPSA) is 58.4 Å². The molecule has 1 fully saturated rings. The van der Waals surface area contributed by atoms with E-state index in [9.17, 15) is 9.18 Å². The lowest BCUT2D eigenvalue weighted by Crippen LogP contribution is -2.48. The quantitative estimate of drug-likeness (QED) is 0.657. The van der Waals surface area contributed by atoms with Crippen LogP contribution in [-0.4, -0.2) is 28.0 Å². The molecule has 4 rings (SSSR count). The maximum absolute atomic E-state index is 13.5. The van der Waals surface area contributed by atoms with E-state index < -0.39 is 0 Å². The van der Waals surface area contributed by atoms with Crippen LogP contribution in [0.25, 0.3) is 22.2 Å². The van der Waals surface area contributed by atoms with E-state index in [-0.39, 0.29) is 23.4 Å². The summed E-state index contributed by atoms with van der Waals surface area (Å²) in [6, 6.07) is 11.8. The predicted octanol–water partition coefficient (Wildman–Crippen LogP) is 5.28. The van der Waals surface area contributed by atoms with Crippen molar-refractivity contribution in [2.75, 3.05) is 6.54 Å². The maximum atomic E-state index is 13.5. The number of oxazole rings is 1. The van der Waals surface area contributed by atoms with Crippen molar-refractivity contribution in [3.63, 3.8) is 0 Å². The third kappa shape index (κ3) is 3.72. The lowest BCUT2D eigenvalue weighted by Gasteiger charge is -2.28. The van der Waals surface area contributed by atoms with Crippen LogP contribution in [0, 0.1) is 5.82 Å². The molecule has 0 saturated carbocycles. The zero-order valence-corrected chi connectivity index (χ0v) is 16.3. The standard InChI is InChI=1S/C22H24FN3O2/c1-22(2,3)25-21(27)26-11-5-8-18(26)20-24-17-13-15(9-10-19(17)28-20)14-6-4-7-16(23)12-14/h4,6-7,9-10,12-13,18H,5,8,11H2,1-3H3,(H,25,27). The number of hydrogen-bond donors (Lipinski definition) is 1. The molecule has 2 amide bonds. The largest absolute Gasteiger partial charge is 0.438 e. The highest BCUT2D eigenvalue weighted by molar-refractivity contribution is 5.81. The number of nitrogens with zero attached hydrogens (tertiary/aromatic N) is 2. The lowest BCUT2D eigenvalue weighted by atomic mass is 10.1. The van der Waals surface area contributed by atoms with Crippen LogP contribution in [0.5, 0.6) is 0 Å². The number of amides is 2. The first-order valence-corrected chi connectivity index (χ1v) is 9.55. The Morgan fingerprint density at radius 3 is 2.75 bits per heavy atom. The number of fused-ring (bicyclic) bond motifs is 1. The average Bonchev–Trinajstić information content (AvgIpc) is 3.26. The minimum atomic E-state index is -0.300. The molecule has 1 N–H and O–H groups in total. The predicted molar refractivity (Wildman–Crippen MR) is 106 cm³/mol. The number of aromatic nitrogens is 1. The average molecular weight is 381 g/mol. The van der Waals surface area contributed by atoms with Crippen molar-refractivity contribution in [2.24, 2.45) is 0 Å². The second kappa shape index (κ2) is 6.93. The van der Waals surface area contributed by atoms with E-state index in [1.54, 1.807) is 11.0 Å². The molecule has 2 aromatic carbocycles. The van der Waals surface area contributed by atoms with Gasteiger partial charge >= 0.3 is 6.03 Å². The van der Waals surface area contributed by atoms with E-state index in [2.05, 4.69) is 10.3 Å². The number of nitrogens with one attached hydrogen (secondary N) is 1. The first-order valence-electron chi connectivity index (χ1n) is 9.55. The van der Waals surface area contributed by atoms with Crippen molar-refractivity contribution in [1.82, 2.24) is 15.2 Å². The Hall–Kier alpha value is -2.89. The van der Waals surface area contributed by atoms with Crippen molar-refractivity contribution in [3.05, 3.63) is 54.2 Å². The number of carbonyl (C=O) groups excluding carboxylic acids is 1. The third-order valence-corrected chi connectivity index (χ3v) is 4.84. The number of hydrogen-bond acceptors (Lipinski definition) is 3. The van der Waals surface area contributed by atoms with Gasteiger partial charge in [0.25, 0.3) is 0 Å². The van der Waals surface area contributed by atoms with Gasteiger partial charge in [0.15, 0.2) is 5.58 Å². The molecule has 3 aromatic rings. The Balaban J connectivity index is 1.63. The normalized spacial score (nSPS) is 17.3. The number of carbonyl (C=O) groups is 1. The minimum Gasteiger partial charge on any atom is -0.438 e. The van der Waals surface area contributed by atoms with Gasteiger partial charge in [0.05, 0.1) is 0 Å².